The topological polar surface area (TPSA) is 67.4 Å². The van der Waals surface area contributed by atoms with Gasteiger partial charge in [-0.05, 0) is 66.3 Å². The first-order valence-corrected chi connectivity index (χ1v) is 11.4. The van der Waals surface area contributed by atoms with E-state index in [-0.39, 0.29) is 11.8 Å². The maximum absolute atomic E-state index is 12.8. The highest BCUT2D eigenvalue weighted by molar-refractivity contribution is 6.09. The van der Waals surface area contributed by atoms with Crippen LogP contribution in [0.5, 0.6) is 5.75 Å². The fraction of sp³-hybridized carbons (Fsp3) is 0.172. The van der Waals surface area contributed by atoms with Crippen LogP contribution in [-0.2, 0) is 0 Å². The van der Waals surface area contributed by atoms with Gasteiger partial charge in [-0.3, -0.25) is 9.59 Å². The molecule has 0 aromatic heterocycles. The van der Waals surface area contributed by atoms with Gasteiger partial charge in [0.15, 0.2) is 0 Å². The minimum atomic E-state index is -0.234. The molecule has 4 aromatic rings. The fourth-order valence-electron chi connectivity index (χ4n) is 3.58. The molecule has 0 bridgehead atoms. The first kappa shape index (κ1) is 23.1. The molecule has 0 aliphatic rings. The van der Waals surface area contributed by atoms with E-state index in [9.17, 15) is 9.59 Å². The van der Waals surface area contributed by atoms with Gasteiger partial charge in [0.25, 0.3) is 11.8 Å². The Labute approximate surface area is 199 Å². The molecule has 4 rings (SSSR count). The van der Waals surface area contributed by atoms with E-state index < -0.39 is 0 Å². The highest BCUT2D eigenvalue weighted by atomic mass is 16.5. The third-order valence-electron chi connectivity index (χ3n) is 5.50. The average molecular weight is 453 g/mol. The molecular weight excluding hydrogens is 424 g/mol. The average Bonchev–Trinajstić information content (AvgIpc) is 2.84. The minimum absolute atomic E-state index is 0.208. The third-order valence-corrected chi connectivity index (χ3v) is 5.50. The standard InChI is InChI=1S/C29H28N2O3/c1-20(2)17-18-34-25-10-5-9-23(19-25)29(33)30-24-15-13-22(14-16-24)28(32)31-27-12-6-8-21-7-3-4-11-26(21)27/h3-16,19-20H,17-18H2,1-2H3,(H,30,33)(H,31,32). The zero-order chi connectivity index (χ0) is 23.9. The molecular formula is C29H28N2O3. The minimum Gasteiger partial charge on any atom is -0.494 e. The molecule has 2 N–H and O–H groups in total. The highest BCUT2D eigenvalue weighted by Crippen LogP contribution is 2.24. The zero-order valence-corrected chi connectivity index (χ0v) is 19.4. The van der Waals surface area contributed by atoms with Crippen molar-refractivity contribution in [2.24, 2.45) is 5.92 Å². The van der Waals surface area contributed by atoms with Crippen molar-refractivity contribution in [1.82, 2.24) is 0 Å². The molecule has 2 amide bonds. The first-order valence-electron chi connectivity index (χ1n) is 11.4. The zero-order valence-electron chi connectivity index (χ0n) is 19.4. The number of carbonyl (C=O) groups excluding carboxylic acids is 2. The van der Waals surface area contributed by atoms with E-state index in [1.165, 1.54) is 0 Å². The van der Waals surface area contributed by atoms with Crippen molar-refractivity contribution < 1.29 is 14.3 Å². The monoisotopic (exact) mass is 452 g/mol. The van der Waals surface area contributed by atoms with Crippen LogP contribution in [0.2, 0.25) is 0 Å². The SMILES string of the molecule is CC(C)CCOc1cccc(C(=O)Nc2ccc(C(=O)Nc3cccc4ccccc34)cc2)c1. The predicted molar refractivity (Wildman–Crippen MR) is 138 cm³/mol. The maximum atomic E-state index is 12.8. The largest absolute Gasteiger partial charge is 0.494 e. The fourth-order valence-corrected chi connectivity index (χ4v) is 3.58. The van der Waals surface area contributed by atoms with Crippen molar-refractivity contribution in [2.75, 3.05) is 17.2 Å². The molecule has 0 saturated heterocycles. The molecule has 0 aliphatic heterocycles. The summed E-state index contributed by atoms with van der Waals surface area (Å²) in [6, 6.07) is 27.7. The van der Waals surface area contributed by atoms with Crippen LogP contribution in [-0.4, -0.2) is 18.4 Å². The number of hydrogen-bond donors (Lipinski definition) is 2. The molecule has 0 fully saturated rings. The molecule has 0 aliphatic carbocycles. The third kappa shape index (κ3) is 5.81. The summed E-state index contributed by atoms with van der Waals surface area (Å²) in [7, 11) is 0. The molecule has 5 heteroatoms. The molecule has 0 radical (unpaired) electrons. The second-order valence-electron chi connectivity index (χ2n) is 8.57. The summed E-state index contributed by atoms with van der Waals surface area (Å²) in [6.45, 7) is 4.91. The Morgan fingerprint density at radius 2 is 1.47 bits per heavy atom. The lowest BCUT2D eigenvalue weighted by molar-refractivity contribution is 0.101. The first-order chi connectivity index (χ1) is 16.5. The van der Waals surface area contributed by atoms with Crippen molar-refractivity contribution >= 4 is 34.0 Å². The van der Waals surface area contributed by atoms with E-state index in [4.69, 9.17) is 4.74 Å². The second-order valence-corrected chi connectivity index (χ2v) is 8.57. The molecule has 172 valence electrons. The van der Waals surface area contributed by atoms with Crippen LogP contribution < -0.4 is 15.4 Å². The van der Waals surface area contributed by atoms with Crippen molar-refractivity contribution in [3.05, 3.63) is 102 Å². The summed E-state index contributed by atoms with van der Waals surface area (Å²) in [6.07, 6.45) is 0.955. The molecule has 5 nitrogen and oxygen atoms in total. The normalized spacial score (nSPS) is 10.8. The highest BCUT2D eigenvalue weighted by Gasteiger charge is 2.11. The number of rotatable bonds is 8. The van der Waals surface area contributed by atoms with Gasteiger partial charge < -0.3 is 15.4 Å². The van der Waals surface area contributed by atoms with Crippen LogP contribution in [0.25, 0.3) is 10.8 Å². The Balaban J connectivity index is 1.39. The van der Waals surface area contributed by atoms with Gasteiger partial charge in [-0.15, -0.1) is 0 Å². The predicted octanol–water partition coefficient (Wildman–Crippen LogP) is 6.77. The number of carbonyl (C=O) groups is 2. The summed E-state index contributed by atoms with van der Waals surface area (Å²) in [5, 5.41) is 7.90. The van der Waals surface area contributed by atoms with Gasteiger partial charge in [0, 0.05) is 27.9 Å². The molecule has 0 saturated carbocycles. The van der Waals surface area contributed by atoms with Gasteiger partial charge in [-0.2, -0.15) is 0 Å². The van der Waals surface area contributed by atoms with Crippen LogP contribution in [0.15, 0.2) is 91.0 Å². The smallest absolute Gasteiger partial charge is 0.255 e. The van der Waals surface area contributed by atoms with Gasteiger partial charge in [-0.25, -0.2) is 0 Å². The van der Waals surface area contributed by atoms with Gasteiger partial charge in [0.2, 0.25) is 0 Å². The van der Waals surface area contributed by atoms with Gasteiger partial charge in [-0.1, -0.05) is 56.3 Å². The summed E-state index contributed by atoms with van der Waals surface area (Å²) >= 11 is 0. The van der Waals surface area contributed by atoms with E-state index in [0.717, 1.165) is 22.9 Å². The lowest BCUT2D eigenvalue weighted by Gasteiger charge is -2.11. The Morgan fingerprint density at radius 1 is 0.765 bits per heavy atom. The molecule has 0 atom stereocenters. The van der Waals surface area contributed by atoms with E-state index in [1.807, 2.05) is 48.5 Å². The van der Waals surface area contributed by atoms with Crippen molar-refractivity contribution in [1.29, 1.82) is 0 Å². The molecule has 34 heavy (non-hydrogen) atoms. The summed E-state index contributed by atoms with van der Waals surface area (Å²) in [4.78, 5) is 25.5. The van der Waals surface area contributed by atoms with Crippen LogP contribution in [0, 0.1) is 5.92 Å². The van der Waals surface area contributed by atoms with Crippen LogP contribution >= 0.6 is 0 Å². The molecule has 4 aromatic carbocycles. The van der Waals surface area contributed by atoms with Gasteiger partial charge in [0.1, 0.15) is 5.75 Å². The quantitative estimate of drug-likeness (QED) is 0.310. The van der Waals surface area contributed by atoms with E-state index in [2.05, 4.69) is 24.5 Å². The number of fused-ring (bicyclic) bond motifs is 1. The van der Waals surface area contributed by atoms with Crippen molar-refractivity contribution in [3.63, 3.8) is 0 Å². The summed E-state index contributed by atoms with van der Waals surface area (Å²) in [5.74, 6) is 0.792. The van der Waals surface area contributed by atoms with Crippen LogP contribution in [0.4, 0.5) is 11.4 Å². The number of anilines is 2. The number of nitrogens with one attached hydrogen (secondary N) is 2. The summed E-state index contributed by atoms with van der Waals surface area (Å²) in [5.41, 5.74) is 2.39. The van der Waals surface area contributed by atoms with Crippen molar-refractivity contribution in [3.8, 4) is 5.75 Å². The van der Waals surface area contributed by atoms with Crippen LogP contribution in [0.3, 0.4) is 0 Å². The van der Waals surface area contributed by atoms with E-state index >= 15 is 0 Å². The van der Waals surface area contributed by atoms with Gasteiger partial charge >= 0.3 is 0 Å². The maximum Gasteiger partial charge on any atom is 0.255 e. The molecule has 0 spiro atoms. The Kier molecular flexibility index (Phi) is 7.23. The lowest BCUT2D eigenvalue weighted by Crippen LogP contribution is -2.14. The lowest BCUT2D eigenvalue weighted by atomic mass is 10.1. The Morgan fingerprint density at radius 3 is 2.26 bits per heavy atom. The van der Waals surface area contributed by atoms with E-state index in [1.54, 1.807) is 42.5 Å². The number of amides is 2. The molecule has 0 heterocycles. The van der Waals surface area contributed by atoms with Crippen LogP contribution in [0.1, 0.15) is 41.0 Å². The second kappa shape index (κ2) is 10.7. The summed E-state index contributed by atoms with van der Waals surface area (Å²) < 4.78 is 5.75. The Hall–Kier alpha value is -4.12. The molecule has 0 unspecified atom stereocenters. The Bertz CT molecular complexity index is 1290. The number of hydrogen-bond acceptors (Lipinski definition) is 3. The van der Waals surface area contributed by atoms with E-state index in [0.29, 0.717) is 35.1 Å². The number of benzene rings is 4. The van der Waals surface area contributed by atoms with Gasteiger partial charge in [0.05, 0.1) is 6.61 Å². The van der Waals surface area contributed by atoms with Crippen molar-refractivity contribution in [2.45, 2.75) is 20.3 Å². The number of ether oxygens (including phenoxy) is 1.